The fourth-order valence-electron chi connectivity index (χ4n) is 2.39. The van der Waals surface area contributed by atoms with Crippen LogP contribution in [0.2, 0.25) is 0 Å². The predicted octanol–water partition coefficient (Wildman–Crippen LogP) is 1.10. The topological polar surface area (TPSA) is 121 Å². The molecule has 130 valence electrons. The van der Waals surface area contributed by atoms with Crippen molar-refractivity contribution in [3.05, 3.63) is 42.5 Å². The van der Waals surface area contributed by atoms with Crippen molar-refractivity contribution in [3.8, 4) is 17.1 Å². The summed E-state index contributed by atoms with van der Waals surface area (Å²) in [5.41, 5.74) is 1.72. The summed E-state index contributed by atoms with van der Waals surface area (Å²) in [6, 6.07) is 7.16. The fourth-order valence-corrected chi connectivity index (χ4v) is 2.39. The number of H-pyrrole nitrogens is 2. The van der Waals surface area contributed by atoms with Crippen LogP contribution < -0.4 is 10.1 Å². The number of hydrogen-bond acceptors (Lipinski definition) is 6. The second-order valence-corrected chi connectivity index (χ2v) is 5.71. The molecule has 0 aliphatic heterocycles. The van der Waals surface area contributed by atoms with Crippen LogP contribution >= 0.6 is 0 Å². The molecule has 0 spiro atoms. The van der Waals surface area contributed by atoms with E-state index in [2.05, 4.69) is 35.9 Å². The number of nitrogens with zero attached hydrogens (tertiary/aromatic N) is 4. The third-order valence-corrected chi connectivity index (χ3v) is 3.59. The Morgan fingerprint density at radius 3 is 2.96 bits per heavy atom. The smallest absolute Gasteiger partial charge is 0.260 e. The van der Waals surface area contributed by atoms with Gasteiger partial charge in [-0.2, -0.15) is 5.21 Å². The van der Waals surface area contributed by atoms with Crippen LogP contribution in [0.15, 0.2) is 36.8 Å². The lowest BCUT2D eigenvalue weighted by Crippen LogP contribution is -2.42. The molecule has 25 heavy (non-hydrogen) atoms. The highest BCUT2D eigenvalue weighted by atomic mass is 16.5. The molecule has 0 radical (unpaired) electrons. The van der Waals surface area contributed by atoms with Gasteiger partial charge >= 0.3 is 0 Å². The van der Waals surface area contributed by atoms with Gasteiger partial charge in [0.2, 0.25) is 5.82 Å². The Bertz CT molecular complexity index is 802. The van der Waals surface area contributed by atoms with Crippen molar-refractivity contribution in [1.29, 1.82) is 0 Å². The van der Waals surface area contributed by atoms with E-state index in [1.807, 2.05) is 19.1 Å². The van der Waals surface area contributed by atoms with Crippen molar-refractivity contribution in [2.24, 2.45) is 0 Å². The Kier molecular flexibility index (Phi) is 5.03. The molecular formula is C16H19N7O2. The van der Waals surface area contributed by atoms with E-state index in [-0.39, 0.29) is 11.9 Å². The van der Waals surface area contributed by atoms with E-state index >= 15 is 0 Å². The fraction of sp³-hybridized carbons (Fsp3) is 0.312. The molecule has 2 unspecified atom stereocenters. The first kappa shape index (κ1) is 16.6. The molecule has 0 saturated heterocycles. The van der Waals surface area contributed by atoms with E-state index in [0.29, 0.717) is 18.0 Å². The lowest BCUT2D eigenvalue weighted by atomic mass is 10.2. The molecule has 1 amide bonds. The van der Waals surface area contributed by atoms with Gasteiger partial charge in [0.05, 0.1) is 6.33 Å². The van der Waals surface area contributed by atoms with Crippen molar-refractivity contribution in [2.45, 2.75) is 32.4 Å². The Balaban J connectivity index is 1.57. The first-order valence-corrected chi connectivity index (χ1v) is 7.90. The summed E-state index contributed by atoms with van der Waals surface area (Å²) in [6.07, 6.45) is 3.40. The summed E-state index contributed by atoms with van der Waals surface area (Å²) >= 11 is 0. The zero-order valence-corrected chi connectivity index (χ0v) is 13.9. The minimum atomic E-state index is -0.635. The molecule has 0 bridgehead atoms. The highest BCUT2D eigenvalue weighted by Crippen LogP contribution is 2.21. The minimum Gasteiger partial charge on any atom is -0.481 e. The monoisotopic (exact) mass is 341 g/mol. The molecule has 3 aromatic rings. The summed E-state index contributed by atoms with van der Waals surface area (Å²) in [7, 11) is 0. The molecule has 1 aromatic carbocycles. The average Bonchev–Trinajstić information content (AvgIpc) is 3.28. The normalized spacial score (nSPS) is 13.2. The van der Waals surface area contributed by atoms with Gasteiger partial charge in [0.15, 0.2) is 6.10 Å². The van der Waals surface area contributed by atoms with E-state index in [9.17, 15) is 4.79 Å². The maximum atomic E-state index is 12.3. The standard InChI is InChI=1S/C16H19N7O2/c1-10(6-13-8-17-9-18-13)19-16(24)11(2)25-14-5-3-4-12(7-14)15-20-22-23-21-15/h3-5,7-11H,6H2,1-2H3,(H,17,18)(H,19,24)(H,20,21,22,23). The van der Waals surface area contributed by atoms with Crippen LogP contribution in [0.5, 0.6) is 5.75 Å². The largest absolute Gasteiger partial charge is 0.481 e. The number of nitrogens with one attached hydrogen (secondary N) is 3. The SMILES string of the molecule is CC(Cc1cnc[nH]1)NC(=O)C(C)Oc1cccc(-c2nn[nH]n2)c1. The Hall–Kier alpha value is -3.23. The molecule has 2 atom stereocenters. The van der Waals surface area contributed by atoms with E-state index < -0.39 is 6.10 Å². The summed E-state index contributed by atoms with van der Waals surface area (Å²) in [5.74, 6) is 0.846. The quantitative estimate of drug-likeness (QED) is 0.592. The number of aromatic nitrogens is 6. The Morgan fingerprint density at radius 2 is 2.24 bits per heavy atom. The van der Waals surface area contributed by atoms with Crippen LogP contribution in [-0.2, 0) is 11.2 Å². The number of amides is 1. The molecule has 2 aromatic heterocycles. The number of benzene rings is 1. The highest BCUT2D eigenvalue weighted by molar-refractivity contribution is 5.81. The molecule has 9 nitrogen and oxygen atoms in total. The zero-order chi connectivity index (χ0) is 17.6. The van der Waals surface area contributed by atoms with Gasteiger partial charge < -0.3 is 15.0 Å². The van der Waals surface area contributed by atoms with Crippen LogP contribution in [0, 0.1) is 0 Å². The number of rotatable bonds is 7. The number of tetrazole rings is 1. The maximum absolute atomic E-state index is 12.3. The number of aromatic amines is 2. The van der Waals surface area contributed by atoms with E-state index in [0.717, 1.165) is 11.3 Å². The van der Waals surface area contributed by atoms with Gasteiger partial charge in [-0.15, -0.1) is 10.2 Å². The predicted molar refractivity (Wildman–Crippen MR) is 89.6 cm³/mol. The average molecular weight is 341 g/mol. The second-order valence-electron chi connectivity index (χ2n) is 5.71. The summed E-state index contributed by atoms with van der Waals surface area (Å²) < 4.78 is 5.73. The van der Waals surface area contributed by atoms with Gasteiger partial charge in [-0.25, -0.2) is 4.98 Å². The first-order chi connectivity index (χ1) is 12.1. The molecule has 0 aliphatic carbocycles. The van der Waals surface area contributed by atoms with Crippen LogP contribution in [-0.4, -0.2) is 48.6 Å². The lowest BCUT2D eigenvalue weighted by molar-refractivity contribution is -0.127. The highest BCUT2D eigenvalue weighted by Gasteiger charge is 2.18. The zero-order valence-electron chi connectivity index (χ0n) is 13.9. The van der Waals surface area contributed by atoms with E-state index in [1.165, 1.54) is 0 Å². The molecule has 0 fully saturated rings. The molecule has 9 heteroatoms. The van der Waals surface area contributed by atoms with Crippen molar-refractivity contribution >= 4 is 5.91 Å². The molecule has 3 N–H and O–H groups in total. The molecule has 3 rings (SSSR count). The summed E-state index contributed by atoms with van der Waals surface area (Å²) in [4.78, 5) is 19.3. The number of ether oxygens (including phenoxy) is 1. The van der Waals surface area contributed by atoms with Crippen molar-refractivity contribution in [2.75, 3.05) is 0 Å². The third-order valence-electron chi connectivity index (χ3n) is 3.59. The van der Waals surface area contributed by atoms with Gasteiger partial charge in [0, 0.05) is 29.9 Å². The molecule has 0 saturated carbocycles. The summed E-state index contributed by atoms with van der Waals surface area (Å²) in [5, 5.41) is 16.7. The summed E-state index contributed by atoms with van der Waals surface area (Å²) in [6.45, 7) is 3.64. The molecule has 0 aliphatic rings. The van der Waals surface area contributed by atoms with Crippen LogP contribution in [0.4, 0.5) is 0 Å². The van der Waals surface area contributed by atoms with E-state index in [4.69, 9.17) is 4.74 Å². The van der Waals surface area contributed by atoms with E-state index in [1.54, 1.807) is 31.6 Å². The van der Waals surface area contributed by atoms with Crippen LogP contribution in [0.1, 0.15) is 19.5 Å². The number of hydrogen-bond donors (Lipinski definition) is 3. The Morgan fingerprint density at radius 1 is 1.36 bits per heavy atom. The van der Waals surface area contributed by atoms with Gasteiger partial charge in [0.25, 0.3) is 5.91 Å². The van der Waals surface area contributed by atoms with Crippen LogP contribution in [0.25, 0.3) is 11.4 Å². The van der Waals surface area contributed by atoms with Crippen molar-refractivity contribution in [3.63, 3.8) is 0 Å². The van der Waals surface area contributed by atoms with Gasteiger partial charge in [-0.05, 0) is 31.2 Å². The first-order valence-electron chi connectivity index (χ1n) is 7.90. The van der Waals surface area contributed by atoms with Crippen molar-refractivity contribution < 1.29 is 9.53 Å². The maximum Gasteiger partial charge on any atom is 0.260 e. The number of imidazole rings is 1. The lowest BCUT2D eigenvalue weighted by Gasteiger charge is -2.18. The minimum absolute atomic E-state index is 0.0373. The van der Waals surface area contributed by atoms with Gasteiger partial charge in [0.1, 0.15) is 5.75 Å². The number of carbonyl (C=O) groups is 1. The Labute approximate surface area is 144 Å². The van der Waals surface area contributed by atoms with Gasteiger partial charge in [-0.1, -0.05) is 12.1 Å². The molecule has 2 heterocycles. The number of carbonyl (C=O) groups excluding carboxylic acids is 1. The van der Waals surface area contributed by atoms with Crippen LogP contribution in [0.3, 0.4) is 0 Å². The van der Waals surface area contributed by atoms with Gasteiger partial charge in [-0.3, -0.25) is 4.79 Å². The second kappa shape index (κ2) is 7.56. The van der Waals surface area contributed by atoms with Crippen molar-refractivity contribution in [1.82, 2.24) is 35.9 Å². The molecular weight excluding hydrogens is 322 g/mol. The third kappa shape index (κ3) is 4.40.